The second kappa shape index (κ2) is 7.88. The number of halogens is 1. The highest BCUT2D eigenvalue weighted by Crippen LogP contribution is 2.55. The third kappa shape index (κ3) is 2.97. The Morgan fingerprint density at radius 2 is 1.94 bits per heavy atom. The van der Waals surface area contributed by atoms with Crippen molar-refractivity contribution < 1.29 is 19.1 Å². The maximum atomic E-state index is 13.8. The van der Waals surface area contributed by atoms with Crippen LogP contribution in [0.3, 0.4) is 0 Å². The molecule has 0 saturated heterocycles. The Labute approximate surface area is 199 Å². The first-order valence-electron chi connectivity index (χ1n) is 10.8. The number of allylic oxidation sites excluding steroid dienone is 1. The summed E-state index contributed by atoms with van der Waals surface area (Å²) < 4.78 is 6.12. The highest BCUT2D eigenvalue weighted by atomic mass is 79.9. The predicted molar refractivity (Wildman–Crippen MR) is 127 cm³/mol. The van der Waals surface area contributed by atoms with Crippen LogP contribution in [-0.4, -0.2) is 24.3 Å². The molecule has 1 unspecified atom stereocenters. The van der Waals surface area contributed by atoms with E-state index in [1.165, 1.54) is 0 Å². The lowest BCUT2D eigenvalue weighted by Gasteiger charge is -2.44. The molecule has 0 fully saturated rings. The molecule has 2 aromatic rings. The van der Waals surface area contributed by atoms with E-state index in [1.807, 2.05) is 30.3 Å². The first kappa shape index (κ1) is 21.5. The number of para-hydroxylation sites is 1. The summed E-state index contributed by atoms with van der Waals surface area (Å²) in [5.41, 5.74) is 7.72. The van der Waals surface area contributed by atoms with E-state index in [2.05, 4.69) is 21.2 Å². The minimum absolute atomic E-state index is 0.0310. The first-order valence-corrected chi connectivity index (χ1v) is 11.6. The number of Topliss-reactive ketones (excluding diaryl/α,β-unsaturated/α-hetero) is 1. The van der Waals surface area contributed by atoms with E-state index in [4.69, 9.17) is 10.5 Å². The van der Waals surface area contributed by atoms with Crippen molar-refractivity contribution in [1.29, 1.82) is 0 Å². The number of benzene rings is 2. The van der Waals surface area contributed by atoms with Gasteiger partial charge in [-0.2, -0.15) is 0 Å². The maximum Gasteiger partial charge on any atom is 0.339 e. The molecule has 5 rings (SSSR count). The number of esters is 1. The summed E-state index contributed by atoms with van der Waals surface area (Å²) in [5, 5.41) is 2.88. The van der Waals surface area contributed by atoms with Crippen molar-refractivity contribution in [2.75, 3.05) is 16.8 Å². The molecule has 2 aromatic carbocycles. The molecule has 2 aliphatic heterocycles. The number of nitrogens with zero attached hydrogens (tertiary/aromatic N) is 1. The lowest BCUT2D eigenvalue weighted by Crippen LogP contribution is -2.53. The molecule has 3 aliphatic rings. The van der Waals surface area contributed by atoms with Crippen LogP contribution < -0.4 is 16.0 Å². The predicted octanol–water partition coefficient (Wildman–Crippen LogP) is 3.90. The Bertz CT molecular complexity index is 1270. The van der Waals surface area contributed by atoms with Crippen molar-refractivity contribution in [2.24, 2.45) is 5.73 Å². The summed E-state index contributed by atoms with van der Waals surface area (Å²) in [4.78, 5) is 42.5. The standard InChI is InChI=1S/C25H22BrN3O4/c1-2-33-23(31)21-22(27)29(15-7-4-3-5-8-15)18-9-6-10-19(30)20(18)25(21)16-13-14(26)11-12-17(16)28-24(25)32/h3-5,7-8,11-13H,2,6,9-10,27H2,1H3,(H,28,32). The molecule has 33 heavy (non-hydrogen) atoms. The van der Waals surface area contributed by atoms with Gasteiger partial charge in [0.25, 0.3) is 0 Å². The van der Waals surface area contributed by atoms with E-state index in [-0.39, 0.29) is 30.2 Å². The van der Waals surface area contributed by atoms with Gasteiger partial charge in [0, 0.05) is 39.1 Å². The third-order valence-corrected chi connectivity index (χ3v) is 6.86. The van der Waals surface area contributed by atoms with Crippen LogP contribution in [0, 0.1) is 0 Å². The normalized spacial score (nSPS) is 21.8. The van der Waals surface area contributed by atoms with E-state index in [0.717, 1.165) is 4.47 Å². The van der Waals surface area contributed by atoms with Gasteiger partial charge in [-0.05, 0) is 50.1 Å². The topological polar surface area (TPSA) is 102 Å². The molecule has 7 nitrogen and oxygen atoms in total. The Morgan fingerprint density at radius 1 is 1.18 bits per heavy atom. The summed E-state index contributed by atoms with van der Waals surface area (Å²) in [6.07, 6.45) is 1.47. The summed E-state index contributed by atoms with van der Waals surface area (Å²) in [7, 11) is 0. The Kier molecular flexibility index (Phi) is 5.12. The zero-order chi connectivity index (χ0) is 23.3. The number of ether oxygens (including phenoxy) is 1. The molecule has 1 spiro atoms. The van der Waals surface area contributed by atoms with Crippen molar-refractivity contribution in [2.45, 2.75) is 31.6 Å². The van der Waals surface area contributed by atoms with Crippen LogP contribution in [-0.2, 0) is 24.5 Å². The SMILES string of the molecule is CCOC(=O)C1=C(N)N(c2ccccc2)C2=C(C(=O)CCC2)C12C(=O)Nc1ccc(Br)cc12. The maximum absolute atomic E-state index is 13.8. The Morgan fingerprint density at radius 3 is 2.67 bits per heavy atom. The van der Waals surface area contributed by atoms with Crippen LogP contribution in [0.1, 0.15) is 31.7 Å². The first-order chi connectivity index (χ1) is 15.9. The average molecular weight is 508 g/mol. The van der Waals surface area contributed by atoms with Crippen molar-refractivity contribution in [3.05, 3.63) is 81.2 Å². The van der Waals surface area contributed by atoms with Crippen LogP contribution in [0.15, 0.2) is 75.7 Å². The number of carbonyl (C=O) groups is 3. The van der Waals surface area contributed by atoms with E-state index < -0.39 is 17.3 Å². The van der Waals surface area contributed by atoms with E-state index >= 15 is 0 Å². The molecule has 1 atom stereocenters. The van der Waals surface area contributed by atoms with E-state index in [9.17, 15) is 14.4 Å². The quantitative estimate of drug-likeness (QED) is 0.610. The molecule has 2 heterocycles. The number of hydrogen-bond donors (Lipinski definition) is 2. The largest absolute Gasteiger partial charge is 0.462 e. The lowest BCUT2D eigenvalue weighted by atomic mass is 9.63. The molecule has 0 aromatic heterocycles. The molecule has 1 aliphatic carbocycles. The molecular weight excluding hydrogens is 486 g/mol. The monoisotopic (exact) mass is 507 g/mol. The highest BCUT2D eigenvalue weighted by Gasteiger charge is 2.62. The number of ketones is 1. The molecule has 0 bridgehead atoms. The number of anilines is 2. The van der Waals surface area contributed by atoms with Gasteiger partial charge in [0.05, 0.1) is 6.61 Å². The van der Waals surface area contributed by atoms with Gasteiger partial charge in [0.15, 0.2) is 5.78 Å². The van der Waals surface area contributed by atoms with Crippen LogP contribution in [0.2, 0.25) is 0 Å². The van der Waals surface area contributed by atoms with Gasteiger partial charge in [-0.15, -0.1) is 0 Å². The molecule has 168 valence electrons. The average Bonchev–Trinajstić information content (AvgIpc) is 3.06. The second-order valence-corrected chi connectivity index (χ2v) is 9.06. The van der Waals surface area contributed by atoms with Crippen LogP contribution in [0.5, 0.6) is 0 Å². The fourth-order valence-electron chi connectivity index (χ4n) is 5.15. The highest BCUT2D eigenvalue weighted by molar-refractivity contribution is 9.10. The number of fused-ring (bicyclic) bond motifs is 3. The molecule has 1 amide bonds. The Balaban J connectivity index is 1.91. The van der Waals surface area contributed by atoms with Gasteiger partial charge in [-0.1, -0.05) is 34.1 Å². The van der Waals surface area contributed by atoms with E-state index in [1.54, 1.807) is 30.0 Å². The summed E-state index contributed by atoms with van der Waals surface area (Å²) in [6, 6.07) is 14.6. The number of hydrogen-bond acceptors (Lipinski definition) is 6. The smallest absolute Gasteiger partial charge is 0.339 e. The van der Waals surface area contributed by atoms with Gasteiger partial charge >= 0.3 is 5.97 Å². The number of amides is 1. The minimum atomic E-state index is -1.67. The fraction of sp³-hybridized carbons (Fsp3) is 0.240. The molecule has 3 N–H and O–H groups in total. The van der Waals surface area contributed by atoms with E-state index in [0.29, 0.717) is 41.1 Å². The van der Waals surface area contributed by atoms with Crippen LogP contribution in [0.25, 0.3) is 0 Å². The van der Waals surface area contributed by atoms with Gasteiger partial charge in [0.1, 0.15) is 16.8 Å². The molecule has 0 radical (unpaired) electrons. The fourth-order valence-corrected chi connectivity index (χ4v) is 5.52. The summed E-state index contributed by atoms with van der Waals surface area (Å²) in [5.74, 6) is -1.27. The van der Waals surface area contributed by atoms with Gasteiger partial charge in [-0.3, -0.25) is 14.5 Å². The molecule has 0 saturated carbocycles. The van der Waals surface area contributed by atoms with Crippen LogP contribution >= 0.6 is 15.9 Å². The number of rotatable bonds is 3. The Hall–Kier alpha value is -3.39. The van der Waals surface area contributed by atoms with Crippen molar-refractivity contribution in [3.8, 4) is 0 Å². The zero-order valence-electron chi connectivity index (χ0n) is 18.0. The third-order valence-electron chi connectivity index (χ3n) is 6.37. The lowest BCUT2D eigenvalue weighted by molar-refractivity contribution is -0.140. The van der Waals surface area contributed by atoms with Crippen LogP contribution in [0.4, 0.5) is 11.4 Å². The van der Waals surface area contributed by atoms with Gasteiger partial charge in [-0.25, -0.2) is 4.79 Å². The summed E-state index contributed by atoms with van der Waals surface area (Å²) >= 11 is 3.48. The van der Waals surface area contributed by atoms with Gasteiger partial charge in [0.2, 0.25) is 5.91 Å². The summed E-state index contributed by atoms with van der Waals surface area (Å²) in [6.45, 7) is 1.79. The minimum Gasteiger partial charge on any atom is -0.462 e. The molecular formula is C25H22BrN3O4. The van der Waals surface area contributed by atoms with Crippen molar-refractivity contribution >= 4 is 45.0 Å². The zero-order valence-corrected chi connectivity index (χ0v) is 19.6. The number of carbonyl (C=O) groups excluding carboxylic acids is 3. The van der Waals surface area contributed by atoms with Gasteiger partial charge < -0.3 is 15.8 Å². The number of nitrogens with two attached hydrogens (primary N) is 1. The second-order valence-electron chi connectivity index (χ2n) is 8.14. The number of nitrogens with one attached hydrogen (secondary N) is 1. The molecule has 8 heteroatoms. The van der Waals surface area contributed by atoms with Crippen molar-refractivity contribution in [3.63, 3.8) is 0 Å². The van der Waals surface area contributed by atoms with Crippen molar-refractivity contribution in [1.82, 2.24) is 0 Å².